The summed E-state index contributed by atoms with van der Waals surface area (Å²) < 4.78 is 30.6. The Labute approximate surface area is 63.7 Å². The van der Waals surface area contributed by atoms with Crippen LogP contribution in [0, 0.1) is 0 Å². The van der Waals surface area contributed by atoms with E-state index in [4.69, 9.17) is 4.55 Å². The van der Waals surface area contributed by atoms with Gasteiger partial charge >= 0.3 is 10.1 Å². The van der Waals surface area contributed by atoms with E-state index >= 15 is 0 Å². The molecular weight excluding hydrogens is 168 g/mol. The van der Waals surface area contributed by atoms with Crippen molar-refractivity contribution in [1.29, 1.82) is 0 Å². The van der Waals surface area contributed by atoms with Crippen molar-refractivity contribution in [2.45, 2.75) is 5.16 Å². The third-order valence-electron chi connectivity index (χ3n) is 1.06. The highest BCUT2D eigenvalue weighted by Gasteiger charge is 2.14. The van der Waals surface area contributed by atoms with Gasteiger partial charge in [-0.3, -0.25) is 9.12 Å². The van der Waals surface area contributed by atoms with E-state index in [9.17, 15) is 8.42 Å². The molecule has 0 radical (unpaired) electrons. The fourth-order valence-electron chi connectivity index (χ4n) is 0.638. The second-order valence-corrected chi connectivity index (χ2v) is 3.09. The number of nitrogens with zero attached hydrogens (tertiary/aromatic N) is 2. The van der Waals surface area contributed by atoms with Crippen LogP contribution in [-0.2, 0) is 10.1 Å². The van der Waals surface area contributed by atoms with Gasteiger partial charge in [0, 0.05) is 18.6 Å². The first kappa shape index (κ1) is 7.96. The van der Waals surface area contributed by atoms with Gasteiger partial charge in [-0.1, -0.05) is 6.58 Å². The van der Waals surface area contributed by atoms with Gasteiger partial charge in [0.25, 0.3) is 5.16 Å². The molecule has 0 fully saturated rings. The molecule has 0 unspecified atom stereocenters. The van der Waals surface area contributed by atoms with Crippen molar-refractivity contribution in [3.8, 4) is 0 Å². The molecule has 0 aliphatic rings. The molecule has 0 saturated carbocycles. The van der Waals surface area contributed by atoms with Crippen LogP contribution in [0.3, 0.4) is 0 Å². The van der Waals surface area contributed by atoms with Crippen LogP contribution >= 0.6 is 0 Å². The van der Waals surface area contributed by atoms with Crippen LogP contribution < -0.4 is 0 Å². The summed E-state index contributed by atoms with van der Waals surface area (Å²) in [5, 5.41) is -0.424. The van der Waals surface area contributed by atoms with E-state index in [1.54, 1.807) is 0 Å². The Bertz CT molecular complexity index is 365. The maximum Gasteiger partial charge on any atom is 0.329 e. The average molecular weight is 174 g/mol. The smallest absolute Gasteiger partial charge is 0.296 e. The molecule has 0 saturated heterocycles. The highest BCUT2D eigenvalue weighted by Crippen LogP contribution is 2.04. The first-order valence-electron chi connectivity index (χ1n) is 2.68. The largest absolute Gasteiger partial charge is 0.329 e. The van der Waals surface area contributed by atoms with Crippen LogP contribution in [0.5, 0.6) is 0 Å². The Morgan fingerprint density at radius 3 is 2.73 bits per heavy atom. The monoisotopic (exact) mass is 174 g/mol. The van der Waals surface area contributed by atoms with Gasteiger partial charge in [0.05, 0.1) is 0 Å². The zero-order valence-electron chi connectivity index (χ0n) is 5.51. The fourth-order valence-corrected chi connectivity index (χ4v) is 1.23. The zero-order valence-corrected chi connectivity index (χ0v) is 6.32. The molecule has 0 aliphatic carbocycles. The van der Waals surface area contributed by atoms with E-state index in [0.717, 1.165) is 4.57 Å². The van der Waals surface area contributed by atoms with Crippen molar-refractivity contribution >= 4 is 16.3 Å². The van der Waals surface area contributed by atoms with E-state index in [1.165, 1.54) is 18.6 Å². The second kappa shape index (κ2) is 2.48. The van der Waals surface area contributed by atoms with Crippen LogP contribution in [0.1, 0.15) is 0 Å². The van der Waals surface area contributed by atoms with Gasteiger partial charge in [-0.2, -0.15) is 8.42 Å². The number of hydrogen-bond donors (Lipinski definition) is 1. The molecule has 1 heterocycles. The van der Waals surface area contributed by atoms with E-state index in [1.807, 2.05) is 0 Å². The summed E-state index contributed by atoms with van der Waals surface area (Å²) in [6.45, 7) is 3.32. The standard InChI is InChI=1S/C5H6N2O3S/c1-2-7-4-3-6-5(7)11(8,9)10/h2-4H,1H2,(H,8,9,10). The number of hydrogen-bond acceptors (Lipinski definition) is 3. The Kier molecular flexibility index (Phi) is 1.79. The average Bonchev–Trinajstić information content (AvgIpc) is 2.31. The van der Waals surface area contributed by atoms with Gasteiger partial charge in [-0.25, -0.2) is 4.98 Å². The van der Waals surface area contributed by atoms with E-state index < -0.39 is 15.3 Å². The lowest BCUT2D eigenvalue weighted by molar-refractivity contribution is 0.473. The lowest BCUT2D eigenvalue weighted by Crippen LogP contribution is -2.04. The van der Waals surface area contributed by atoms with E-state index in [2.05, 4.69) is 11.6 Å². The second-order valence-electron chi connectivity index (χ2n) is 1.77. The van der Waals surface area contributed by atoms with Gasteiger partial charge in [0.1, 0.15) is 0 Å². The van der Waals surface area contributed by atoms with Crippen LogP contribution in [0.4, 0.5) is 0 Å². The Morgan fingerprint density at radius 2 is 2.36 bits per heavy atom. The van der Waals surface area contributed by atoms with Crippen molar-refractivity contribution < 1.29 is 13.0 Å². The quantitative estimate of drug-likeness (QED) is 0.651. The van der Waals surface area contributed by atoms with Crippen molar-refractivity contribution in [3.05, 3.63) is 19.0 Å². The van der Waals surface area contributed by atoms with Crippen molar-refractivity contribution in [1.82, 2.24) is 9.55 Å². The molecule has 6 heteroatoms. The maximum absolute atomic E-state index is 10.5. The zero-order chi connectivity index (χ0) is 8.48. The highest BCUT2D eigenvalue weighted by molar-refractivity contribution is 7.85. The minimum atomic E-state index is -4.22. The summed E-state index contributed by atoms with van der Waals surface area (Å²) in [6.07, 6.45) is 3.86. The highest BCUT2D eigenvalue weighted by atomic mass is 32.2. The molecule has 0 spiro atoms. The normalized spacial score (nSPS) is 11.4. The summed E-state index contributed by atoms with van der Waals surface area (Å²) in [7, 11) is -4.22. The molecule has 0 aromatic carbocycles. The van der Waals surface area contributed by atoms with Crippen LogP contribution in [0.2, 0.25) is 0 Å². The molecule has 11 heavy (non-hydrogen) atoms. The minimum Gasteiger partial charge on any atom is -0.296 e. The molecule has 1 aromatic rings. The summed E-state index contributed by atoms with van der Waals surface area (Å²) in [6, 6.07) is 0. The van der Waals surface area contributed by atoms with Crippen LogP contribution in [0.15, 0.2) is 24.1 Å². The Hall–Kier alpha value is -1.14. The molecule has 1 aromatic heterocycles. The predicted molar refractivity (Wildman–Crippen MR) is 38.4 cm³/mol. The third-order valence-corrected chi connectivity index (χ3v) is 1.84. The molecule has 60 valence electrons. The first-order chi connectivity index (χ1) is 5.05. The Balaban J connectivity index is 3.35. The predicted octanol–water partition coefficient (Wildman–Crippen LogP) is 0.230. The molecule has 0 bridgehead atoms. The van der Waals surface area contributed by atoms with Crippen LogP contribution in [0.25, 0.3) is 6.20 Å². The number of aromatic nitrogens is 2. The van der Waals surface area contributed by atoms with Gasteiger partial charge < -0.3 is 0 Å². The molecule has 0 atom stereocenters. The first-order valence-corrected chi connectivity index (χ1v) is 4.12. The number of imidazole rings is 1. The number of rotatable bonds is 2. The summed E-state index contributed by atoms with van der Waals surface area (Å²) in [5.74, 6) is 0. The molecule has 0 aliphatic heterocycles. The molecule has 5 nitrogen and oxygen atoms in total. The third kappa shape index (κ3) is 1.47. The van der Waals surface area contributed by atoms with E-state index in [0.29, 0.717) is 0 Å². The lowest BCUT2D eigenvalue weighted by atomic mass is 10.9. The topological polar surface area (TPSA) is 72.2 Å². The summed E-state index contributed by atoms with van der Waals surface area (Å²) in [4.78, 5) is 3.41. The van der Waals surface area contributed by atoms with Crippen molar-refractivity contribution in [2.24, 2.45) is 0 Å². The van der Waals surface area contributed by atoms with Gasteiger partial charge in [-0.15, -0.1) is 0 Å². The van der Waals surface area contributed by atoms with Crippen LogP contribution in [-0.4, -0.2) is 22.5 Å². The summed E-state index contributed by atoms with van der Waals surface area (Å²) in [5.41, 5.74) is 0. The van der Waals surface area contributed by atoms with E-state index in [-0.39, 0.29) is 0 Å². The minimum absolute atomic E-state index is 0.424. The van der Waals surface area contributed by atoms with Crippen molar-refractivity contribution in [2.75, 3.05) is 0 Å². The maximum atomic E-state index is 10.5. The molecule has 0 amide bonds. The fraction of sp³-hybridized carbons (Fsp3) is 0. The molecular formula is C5H6N2O3S. The molecule has 1 rings (SSSR count). The summed E-state index contributed by atoms with van der Waals surface area (Å²) >= 11 is 0. The van der Waals surface area contributed by atoms with Gasteiger partial charge in [0.15, 0.2) is 0 Å². The van der Waals surface area contributed by atoms with Gasteiger partial charge in [-0.05, 0) is 0 Å². The van der Waals surface area contributed by atoms with Gasteiger partial charge in [0.2, 0.25) is 0 Å². The SMILES string of the molecule is C=Cn1ccnc1S(=O)(=O)O. The Morgan fingerprint density at radius 1 is 1.73 bits per heavy atom. The lowest BCUT2D eigenvalue weighted by Gasteiger charge is -1.95. The molecule has 1 N–H and O–H groups in total. The van der Waals surface area contributed by atoms with Crippen molar-refractivity contribution in [3.63, 3.8) is 0 Å².